The molecule has 1 heterocycles. The van der Waals surface area contributed by atoms with Gasteiger partial charge in [0.05, 0.1) is 12.6 Å². The van der Waals surface area contributed by atoms with Crippen LogP contribution in [0.2, 0.25) is 0 Å². The number of hydrogen-bond donors (Lipinski definition) is 3. The summed E-state index contributed by atoms with van der Waals surface area (Å²) < 4.78 is 27.3. The van der Waals surface area contributed by atoms with Crippen LogP contribution in [0.1, 0.15) is 6.42 Å². The third-order valence-corrected chi connectivity index (χ3v) is 3.29. The van der Waals surface area contributed by atoms with Gasteiger partial charge >= 0.3 is 7.60 Å². The molecule has 0 amide bonds. The molecule has 1 fully saturated rings. The molecule has 2 unspecified atom stereocenters. The first-order valence-corrected chi connectivity index (χ1v) is 7.89. The van der Waals surface area contributed by atoms with Crippen LogP contribution in [0.25, 0.3) is 0 Å². The third kappa shape index (κ3) is 4.62. The van der Waals surface area contributed by atoms with Crippen LogP contribution in [0.4, 0.5) is 0 Å². The zero-order valence-electron chi connectivity index (χ0n) is 10.6. The van der Waals surface area contributed by atoms with Crippen LogP contribution in [-0.4, -0.2) is 73.8 Å². The van der Waals surface area contributed by atoms with Gasteiger partial charge in [0.2, 0.25) is 0 Å². The molecule has 0 spiro atoms. The Hall–Kier alpha value is 0.0549. The number of ether oxygens (including phenoxy) is 2. The maximum absolute atomic E-state index is 11.3. The lowest BCUT2D eigenvalue weighted by Crippen LogP contribution is -2.38. The molecule has 0 aromatic rings. The highest BCUT2D eigenvalue weighted by atomic mass is 31.2. The van der Waals surface area contributed by atoms with Crippen molar-refractivity contribution >= 4 is 15.4 Å². The van der Waals surface area contributed by atoms with Crippen molar-refractivity contribution in [3.8, 4) is 0 Å². The second-order valence-electron chi connectivity index (χ2n) is 4.35. The Morgan fingerprint density at radius 2 is 2.06 bits per heavy atom. The molecule has 7 nitrogen and oxygen atoms in total. The summed E-state index contributed by atoms with van der Waals surface area (Å²) in [6, 6.07) is -0.350. The molecular formula is C9H20BO7P. The molecule has 1 aliphatic rings. The molecule has 0 aromatic heterocycles. The molecule has 0 aliphatic carbocycles. The average molecular weight is 282 g/mol. The molecule has 1 saturated heterocycles. The molecular weight excluding hydrogens is 262 g/mol. The van der Waals surface area contributed by atoms with E-state index in [-0.39, 0.29) is 19.2 Å². The van der Waals surface area contributed by atoms with E-state index in [1.807, 2.05) is 0 Å². The van der Waals surface area contributed by atoms with E-state index in [4.69, 9.17) is 24.2 Å². The molecule has 0 bridgehead atoms. The zero-order chi connectivity index (χ0) is 13.8. The summed E-state index contributed by atoms with van der Waals surface area (Å²) in [5.41, 5.74) is 0. The first kappa shape index (κ1) is 16.1. The van der Waals surface area contributed by atoms with Gasteiger partial charge in [-0.15, -0.1) is 0 Å². The molecule has 0 aromatic carbocycles. The van der Waals surface area contributed by atoms with Crippen molar-refractivity contribution in [3.05, 3.63) is 0 Å². The van der Waals surface area contributed by atoms with Gasteiger partial charge in [-0.25, -0.2) is 0 Å². The number of rotatable bonds is 7. The average Bonchev–Trinajstić information content (AvgIpc) is 2.54. The smallest absolute Gasteiger partial charge is 0.325 e. The second-order valence-corrected chi connectivity index (χ2v) is 6.16. The van der Waals surface area contributed by atoms with Crippen LogP contribution in [-0.2, 0) is 18.6 Å². The SMILES string of the molecule is B[C@@H]1O[C@H](CO)[C@H](OP(C)(=O)O)C1OCCCO. The predicted octanol–water partition coefficient (Wildman–Crippen LogP) is -1.70. The Kier molecular flexibility index (Phi) is 6.27. The Labute approximate surface area is 107 Å². The first-order valence-electron chi connectivity index (χ1n) is 5.86. The minimum absolute atomic E-state index is 0.00316. The van der Waals surface area contributed by atoms with Gasteiger partial charge in [-0.1, -0.05) is 0 Å². The highest BCUT2D eigenvalue weighted by Crippen LogP contribution is 2.42. The lowest BCUT2D eigenvalue weighted by Gasteiger charge is -2.24. The predicted molar refractivity (Wildman–Crippen MR) is 66.4 cm³/mol. The van der Waals surface area contributed by atoms with Crippen LogP contribution >= 0.6 is 7.60 Å². The van der Waals surface area contributed by atoms with Gasteiger partial charge in [-0.3, -0.25) is 9.09 Å². The van der Waals surface area contributed by atoms with E-state index >= 15 is 0 Å². The standard InChI is InChI=1S/C9H20BO7P/c1-18(13,14)17-7-6(5-12)16-9(10)8(7)15-4-2-3-11/h6-9,11-12H,2-5,10H2,1H3,(H,13,14)/t6-,7+,8?,9-/m1/s1. The minimum atomic E-state index is -3.69. The molecule has 0 radical (unpaired) electrons. The summed E-state index contributed by atoms with van der Waals surface area (Å²) in [6.07, 6.45) is -1.54. The van der Waals surface area contributed by atoms with Crippen LogP contribution in [0.5, 0.6) is 0 Å². The number of aliphatic hydroxyl groups excluding tert-OH is 2. The Bertz CT molecular complexity index is 297. The summed E-state index contributed by atoms with van der Waals surface area (Å²) in [7, 11) is -1.95. The van der Waals surface area contributed by atoms with Crippen molar-refractivity contribution in [2.75, 3.05) is 26.5 Å². The maximum Gasteiger partial charge on any atom is 0.325 e. The zero-order valence-corrected chi connectivity index (χ0v) is 11.5. The molecule has 9 heteroatoms. The van der Waals surface area contributed by atoms with E-state index < -0.39 is 25.9 Å². The van der Waals surface area contributed by atoms with Crippen molar-refractivity contribution < 1.29 is 33.7 Å². The summed E-state index contributed by atoms with van der Waals surface area (Å²) in [5.74, 6) is 0. The normalized spacial score (nSPS) is 35.6. The van der Waals surface area contributed by atoms with Crippen molar-refractivity contribution in [1.29, 1.82) is 0 Å². The summed E-state index contributed by atoms with van der Waals surface area (Å²) in [6.45, 7) is 1.07. The van der Waals surface area contributed by atoms with E-state index in [9.17, 15) is 9.46 Å². The van der Waals surface area contributed by atoms with Crippen LogP contribution in [0.15, 0.2) is 0 Å². The fourth-order valence-corrected chi connectivity index (χ4v) is 2.63. The largest absolute Gasteiger partial charge is 0.396 e. The van der Waals surface area contributed by atoms with Crippen LogP contribution < -0.4 is 0 Å². The van der Waals surface area contributed by atoms with Crippen molar-refractivity contribution in [1.82, 2.24) is 0 Å². The van der Waals surface area contributed by atoms with Crippen LogP contribution in [0, 0.1) is 0 Å². The van der Waals surface area contributed by atoms with Gasteiger partial charge in [0, 0.05) is 19.9 Å². The highest BCUT2D eigenvalue weighted by molar-refractivity contribution is 7.51. The molecule has 18 heavy (non-hydrogen) atoms. The van der Waals surface area contributed by atoms with Gasteiger partial charge in [-0.05, 0) is 6.42 Å². The van der Waals surface area contributed by atoms with E-state index in [2.05, 4.69) is 0 Å². The number of aliphatic hydroxyl groups is 2. The van der Waals surface area contributed by atoms with Gasteiger partial charge in [0.1, 0.15) is 26.2 Å². The summed E-state index contributed by atoms with van der Waals surface area (Å²) >= 11 is 0. The molecule has 1 rings (SSSR count). The second kappa shape index (κ2) is 7.00. The topological polar surface area (TPSA) is 105 Å². The summed E-state index contributed by atoms with van der Waals surface area (Å²) in [5, 5.41) is 17.9. The fourth-order valence-electron chi connectivity index (χ4n) is 1.92. The molecule has 106 valence electrons. The van der Waals surface area contributed by atoms with Gasteiger partial charge in [0.25, 0.3) is 0 Å². The maximum atomic E-state index is 11.3. The Morgan fingerprint density at radius 3 is 2.56 bits per heavy atom. The lowest BCUT2D eigenvalue weighted by molar-refractivity contribution is -0.0224. The molecule has 3 N–H and O–H groups in total. The first-order chi connectivity index (χ1) is 8.39. The molecule has 0 saturated carbocycles. The fraction of sp³-hybridized carbons (Fsp3) is 1.00. The number of hydrogen-bond acceptors (Lipinski definition) is 6. The minimum Gasteiger partial charge on any atom is -0.396 e. The quantitative estimate of drug-likeness (QED) is 0.290. The van der Waals surface area contributed by atoms with E-state index in [0.717, 1.165) is 6.66 Å². The van der Waals surface area contributed by atoms with E-state index in [1.54, 1.807) is 7.85 Å². The Balaban J connectivity index is 2.67. The van der Waals surface area contributed by atoms with E-state index in [0.29, 0.717) is 13.0 Å². The lowest BCUT2D eigenvalue weighted by atomic mass is 9.93. The highest BCUT2D eigenvalue weighted by Gasteiger charge is 2.45. The van der Waals surface area contributed by atoms with Crippen LogP contribution in [0.3, 0.4) is 0 Å². The van der Waals surface area contributed by atoms with Crippen molar-refractivity contribution in [2.24, 2.45) is 0 Å². The summed E-state index contributed by atoms with van der Waals surface area (Å²) in [4.78, 5) is 9.27. The van der Waals surface area contributed by atoms with Gasteiger partial charge < -0.3 is 24.6 Å². The van der Waals surface area contributed by atoms with Crippen molar-refractivity contribution in [3.63, 3.8) is 0 Å². The molecule has 1 aliphatic heterocycles. The monoisotopic (exact) mass is 282 g/mol. The van der Waals surface area contributed by atoms with Gasteiger partial charge in [-0.2, -0.15) is 0 Å². The third-order valence-electron chi connectivity index (χ3n) is 2.65. The van der Waals surface area contributed by atoms with Gasteiger partial charge in [0.15, 0.2) is 0 Å². The Morgan fingerprint density at radius 1 is 1.39 bits per heavy atom. The molecule has 5 atom stereocenters. The van der Waals surface area contributed by atoms with Crippen molar-refractivity contribution in [2.45, 2.75) is 30.7 Å². The van der Waals surface area contributed by atoms with E-state index in [1.165, 1.54) is 0 Å².